The molecule has 38 heavy (non-hydrogen) atoms. The van der Waals surface area contributed by atoms with Crippen LogP contribution < -0.4 is 0 Å². The molecule has 3 rings (SSSR count). The molecule has 0 spiro atoms. The van der Waals surface area contributed by atoms with Crippen molar-refractivity contribution in [1.82, 2.24) is 9.80 Å². The number of likely N-dealkylation sites (tertiary alicyclic amines) is 2. The van der Waals surface area contributed by atoms with Gasteiger partial charge in [0.1, 0.15) is 0 Å². The van der Waals surface area contributed by atoms with Gasteiger partial charge in [0.15, 0.2) is 0 Å². The summed E-state index contributed by atoms with van der Waals surface area (Å²) in [5, 5.41) is 0. The van der Waals surface area contributed by atoms with Crippen LogP contribution >= 0.6 is 0 Å². The molecule has 1 unspecified atom stereocenters. The molecule has 1 atom stereocenters. The van der Waals surface area contributed by atoms with E-state index >= 15 is 0 Å². The van der Waals surface area contributed by atoms with Crippen LogP contribution in [0.15, 0.2) is 0 Å². The molecule has 2 aliphatic heterocycles. The van der Waals surface area contributed by atoms with Crippen LogP contribution in [0.2, 0.25) is 0 Å². The van der Waals surface area contributed by atoms with Gasteiger partial charge in [0.2, 0.25) is 0 Å². The van der Waals surface area contributed by atoms with Gasteiger partial charge in [0.25, 0.3) is 0 Å². The third-order valence-electron chi connectivity index (χ3n) is 8.32. The molecule has 0 N–H and O–H groups in total. The van der Waals surface area contributed by atoms with Crippen molar-refractivity contribution in [3.63, 3.8) is 0 Å². The van der Waals surface area contributed by atoms with Gasteiger partial charge in [-0.1, -0.05) is 141 Å². The summed E-state index contributed by atoms with van der Waals surface area (Å²) in [5.41, 5.74) is 0.542. The van der Waals surface area contributed by atoms with Gasteiger partial charge < -0.3 is 9.80 Å². The second kappa shape index (κ2) is 27.1. The number of nitrogens with zero attached hydrogens (tertiary/aromatic N) is 2. The first-order chi connectivity index (χ1) is 17.6. The molecule has 2 heteroatoms. The highest BCUT2D eigenvalue weighted by molar-refractivity contribution is 4.68. The SMILES string of the molecule is CC1CCC(C)CC1.CC1CCN(C)C1.CC1CCN(C)CC1.CCC(C)(C)C.CCC(C)C.CCCC. The molecule has 2 nitrogen and oxygen atoms in total. The first kappa shape index (κ1) is 42.4. The Morgan fingerprint density at radius 2 is 0.868 bits per heavy atom. The Morgan fingerprint density at radius 1 is 0.579 bits per heavy atom. The van der Waals surface area contributed by atoms with E-state index in [9.17, 15) is 0 Å². The van der Waals surface area contributed by atoms with Crippen molar-refractivity contribution in [3.8, 4) is 0 Å². The number of piperidine rings is 1. The Morgan fingerprint density at radius 3 is 1.03 bits per heavy atom. The normalized spacial score (nSPS) is 24.2. The largest absolute Gasteiger partial charge is 0.306 e. The maximum atomic E-state index is 2.40. The predicted octanol–water partition coefficient (Wildman–Crippen LogP) is 11.4. The summed E-state index contributed by atoms with van der Waals surface area (Å²) in [5.74, 6) is 4.85. The van der Waals surface area contributed by atoms with E-state index < -0.39 is 0 Å². The fourth-order valence-corrected chi connectivity index (χ4v) is 3.72. The molecule has 0 radical (unpaired) electrons. The van der Waals surface area contributed by atoms with Crippen LogP contribution in [-0.4, -0.2) is 50.1 Å². The Balaban J connectivity index is -0.000000394. The van der Waals surface area contributed by atoms with Crippen LogP contribution in [-0.2, 0) is 0 Å². The topological polar surface area (TPSA) is 6.48 Å². The van der Waals surface area contributed by atoms with E-state index in [0.29, 0.717) is 5.41 Å². The van der Waals surface area contributed by atoms with Crippen molar-refractivity contribution < 1.29 is 0 Å². The summed E-state index contributed by atoms with van der Waals surface area (Å²) in [4.78, 5) is 4.78. The minimum absolute atomic E-state index is 0.542. The molecule has 234 valence electrons. The van der Waals surface area contributed by atoms with Crippen LogP contribution in [0.3, 0.4) is 0 Å². The van der Waals surface area contributed by atoms with E-state index in [2.05, 4.69) is 114 Å². The summed E-state index contributed by atoms with van der Waals surface area (Å²) < 4.78 is 0. The third-order valence-corrected chi connectivity index (χ3v) is 8.32. The zero-order chi connectivity index (χ0) is 30.1. The lowest BCUT2D eigenvalue weighted by Crippen LogP contribution is -2.28. The highest BCUT2D eigenvalue weighted by Crippen LogP contribution is 2.27. The van der Waals surface area contributed by atoms with E-state index in [0.717, 1.165) is 29.6 Å². The number of hydrogen-bond donors (Lipinski definition) is 0. The quantitative estimate of drug-likeness (QED) is 0.343. The van der Waals surface area contributed by atoms with Crippen molar-refractivity contribution >= 4 is 0 Å². The van der Waals surface area contributed by atoms with Crippen LogP contribution in [0.5, 0.6) is 0 Å². The highest BCUT2D eigenvalue weighted by atomic mass is 15.1. The second-order valence-corrected chi connectivity index (χ2v) is 14.7. The third kappa shape index (κ3) is 35.9. The molecule has 2 heterocycles. The summed E-state index contributed by atoms with van der Waals surface area (Å²) in [6.45, 7) is 34.6. The van der Waals surface area contributed by atoms with E-state index in [-0.39, 0.29) is 0 Å². The van der Waals surface area contributed by atoms with Crippen LogP contribution in [0.25, 0.3) is 0 Å². The Kier molecular flexibility index (Phi) is 30.2. The predicted molar refractivity (Wildman–Crippen MR) is 179 cm³/mol. The minimum Gasteiger partial charge on any atom is -0.306 e. The molecule has 3 fully saturated rings. The molecule has 0 aromatic rings. The van der Waals surface area contributed by atoms with Gasteiger partial charge in [-0.05, 0) is 88.0 Å². The van der Waals surface area contributed by atoms with Gasteiger partial charge in [-0.3, -0.25) is 0 Å². The molecule has 0 amide bonds. The Bertz CT molecular complexity index is 387. The van der Waals surface area contributed by atoms with Crippen molar-refractivity contribution in [2.45, 2.75) is 161 Å². The second-order valence-electron chi connectivity index (χ2n) is 14.7. The van der Waals surface area contributed by atoms with Crippen LogP contribution in [0.4, 0.5) is 0 Å². The van der Waals surface area contributed by atoms with Crippen LogP contribution in [0, 0.1) is 35.0 Å². The number of rotatable bonds is 2. The van der Waals surface area contributed by atoms with Gasteiger partial charge in [-0.25, -0.2) is 0 Å². The average Bonchev–Trinajstić information content (AvgIpc) is 3.26. The molecule has 0 aromatic carbocycles. The van der Waals surface area contributed by atoms with Crippen molar-refractivity contribution in [3.05, 3.63) is 0 Å². The van der Waals surface area contributed by atoms with Crippen molar-refractivity contribution in [1.29, 1.82) is 0 Å². The molecule has 0 aromatic heterocycles. The average molecular weight is 541 g/mol. The molecule has 2 saturated heterocycles. The van der Waals surface area contributed by atoms with Crippen LogP contribution in [0.1, 0.15) is 161 Å². The van der Waals surface area contributed by atoms with Crippen molar-refractivity contribution in [2.24, 2.45) is 35.0 Å². The lowest BCUT2D eigenvalue weighted by Gasteiger charge is -2.26. The van der Waals surface area contributed by atoms with Gasteiger partial charge >= 0.3 is 0 Å². The van der Waals surface area contributed by atoms with E-state index in [4.69, 9.17) is 0 Å². The van der Waals surface area contributed by atoms with Gasteiger partial charge in [0, 0.05) is 6.54 Å². The van der Waals surface area contributed by atoms with Gasteiger partial charge in [-0.2, -0.15) is 0 Å². The standard InChI is InChI=1S/C8H16.C7H15N.C6H13N.C6H14.C5H12.C4H10/c2*1-7-3-5-8(2)6-4-7;1-6-3-4-7(2)5-6;1-5-6(2,3)4;1-4-5(2)3;1-3-4-2/h7-8H,3-6H2,1-2H3;7H,3-6H2,1-2H3;6H,3-5H2,1-2H3;5H2,1-4H3;5H,4H2,1-3H3;3-4H2,1-2H3. The number of hydrogen-bond acceptors (Lipinski definition) is 2. The maximum absolute atomic E-state index is 2.40. The zero-order valence-corrected chi connectivity index (χ0v) is 29.9. The molecule has 1 saturated carbocycles. The van der Waals surface area contributed by atoms with Gasteiger partial charge in [0.05, 0.1) is 0 Å². The fraction of sp³-hybridized carbons (Fsp3) is 1.00. The fourth-order valence-electron chi connectivity index (χ4n) is 3.72. The smallest absolute Gasteiger partial charge is 0.000445 e. The summed E-state index contributed by atoms with van der Waals surface area (Å²) in [6, 6.07) is 0. The van der Waals surface area contributed by atoms with E-state index in [1.165, 1.54) is 96.8 Å². The summed E-state index contributed by atoms with van der Waals surface area (Å²) >= 11 is 0. The first-order valence-corrected chi connectivity index (χ1v) is 17.0. The summed E-state index contributed by atoms with van der Waals surface area (Å²) in [6.07, 6.45) is 15.3. The van der Waals surface area contributed by atoms with Gasteiger partial charge in [-0.15, -0.1) is 0 Å². The molecular formula is C36H80N2. The zero-order valence-electron chi connectivity index (χ0n) is 29.9. The molecule has 0 bridgehead atoms. The monoisotopic (exact) mass is 541 g/mol. The highest BCUT2D eigenvalue weighted by Gasteiger charge is 2.14. The Labute approximate surface area is 245 Å². The van der Waals surface area contributed by atoms with E-state index in [1.807, 2.05) is 0 Å². The lowest BCUT2D eigenvalue weighted by atomic mass is 9.84. The van der Waals surface area contributed by atoms with Crippen molar-refractivity contribution in [2.75, 3.05) is 40.3 Å². The minimum atomic E-state index is 0.542. The van der Waals surface area contributed by atoms with E-state index in [1.54, 1.807) is 0 Å². The lowest BCUT2D eigenvalue weighted by molar-refractivity contribution is 0.230. The number of unbranched alkanes of at least 4 members (excludes halogenated alkanes) is 1. The maximum Gasteiger partial charge on any atom is 0.000445 e. The molecule has 3 aliphatic rings. The molecule has 1 aliphatic carbocycles. The Hall–Kier alpha value is -0.0800. The first-order valence-electron chi connectivity index (χ1n) is 17.0. The summed E-state index contributed by atoms with van der Waals surface area (Å²) in [7, 11) is 4.38. The molecular weight excluding hydrogens is 460 g/mol.